The maximum absolute atomic E-state index is 2.44. The third-order valence-electron chi connectivity index (χ3n) is 3.86. The van der Waals surface area contributed by atoms with Gasteiger partial charge in [0.25, 0.3) is 0 Å². The van der Waals surface area contributed by atoms with Gasteiger partial charge in [-0.15, -0.1) is 0 Å². The Kier molecular flexibility index (Phi) is 2.73. The van der Waals surface area contributed by atoms with Gasteiger partial charge in [-0.1, -0.05) is 51.9 Å². The molecule has 2 fully saturated rings. The molecule has 0 N–H and O–H groups in total. The highest BCUT2D eigenvalue weighted by molar-refractivity contribution is 4.86. The zero-order chi connectivity index (χ0) is 8.39. The van der Waals surface area contributed by atoms with Crippen LogP contribution in [0.2, 0.25) is 0 Å². The molecule has 0 radical (unpaired) electrons. The van der Waals surface area contributed by atoms with E-state index in [0.717, 1.165) is 11.8 Å². The van der Waals surface area contributed by atoms with Crippen molar-refractivity contribution in [1.29, 1.82) is 0 Å². The van der Waals surface area contributed by atoms with Crippen molar-refractivity contribution in [3.63, 3.8) is 0 Å². The Hall–Kier alpha value is 0. The van der Waals surface area contributed by atoms with E-state index in [2.05, 4.69) is 6.92 Å². The van der Waals surface area contributed by atoms with Crippen molar-refractivity contribution < 1.29 is 0 Å². The second-order valence-corrected chi connectivity index (χ2v) is 5.08. The quantitative estimate of drug-likeness (QED) is 0.510. The summed E-state index contributed by atoms with van der Waals surface area (Å²) in [6, 6.07) is 0. The van der Waals surface area contributed by atoms with Crippen LogP contribution in [0.15, 0.2) is 0 Å². The largest absolute Gasteiger partial charge is 0.0625 e. The number of hydrogen-bond donors (Lipinski definition) is 0. The van der Waals surface area contributed by atoms with Gasteiger partial charge in [-0.05, 0) is 24.2 Å². The van der Waals surface area contributed by atoms with Gasteiger partial charge in [0.05, 0.1) is 0 Å². The van der Waals surface area contributed by atoms with Crippen molar-refractivity contribution in [1.82, 2.24) is 0 Å². The average molecular weight is 166 g/mol. The molecule has 0 amide bonds. The maximum atomic E-state index is 2.44. The molecule has 0 aliphatic heterocycles. The molecule has 0 aromatic rings. The van der Waals surface area contributed by atoms with E-state index in [-0.39, 0.29) is 0 Å². The molecule has 2 rings (SSSR count). The molecule has 0 saturated heterocycles. The molecule has 70 valence electrons. The Morgan fingerprint density at radius 2 is 1.33 bits per heavy atom. The van der Waals surface area contributed by atoms with Crippen LogP contribution in [0.25, 0.3) is 0 Å². The first-order chi connectivity index (χ1) is 5.86. The summed E-state index contributed by atoms with van der Waals surface area (Å²) in [4.78, 5) is 0. The lowest BCUT2D eigenvalue weighted by molar-refractivity contribution is 0.407. The van der Waals surface area contributed by atoms with Crippen LogP contribution in [-0.4, -0.2) is 0 Å². The second-order valence-electron chi connectivity index (χ2n) is 5.08. The maximum Gasteiger partial charge on any atom is -0.0383 e. The molecule has 3 unspecified atom stereocenters. The summed E-state index contributed by atoms with van der Waals surface area (Å²) >= 11 is 0. The van der Waals surface area contributed by atoms with Crippen LogP contribution in [0.5, 0.6) is 0 Å². The van der Waals surface area contributed by atoms with E-state index >= 15 is 0 Å². The molecule has 0 aromatic carbocycles. The normalized spacial score (nSPS) is 43.2. The van der Waals surface area contributed by atoms with Crippen molar-refractivity contribution in [3.05, 3.63) is 0 Å². The lowest BCUT2D eigenvalue weighted by atomic mass is 9.94. The van der Waals surface area contributed by atoms with Gasteiger partial charge in [-0.25, -0.2) is 0 Å². The molecule has 0 heterocycles. The third-order valence-corrected chi connectivity index (χ3v) is 3.86. The fourth-order valence-corrected chi connectivity index (χ4v) is 2.79. The predicted octanol–water partition coefficient (Wildman–Crippen LogP) is 4.00. The minimum atomic E-state index is 1.01. The molecule has 12 heavy (non-hydrogen) atoms. The SMILES string of the molecule is CC1CCCCC2CC2CCC1. The van der Waals surface area contributed by atoms with Crippen LogP contribution in [0.3, 0.4) is 0 Å². The molecule has 0 nitrogen and oxygen atoms in total. The van der Waals surface area contributed by atoms with Crippen molar-refractivity contribution in [3.8, 4) is 0 Å². The highest BCUT2D eigenvalue weighted by atomic mass is 14.4. The molecule has 3 atom stereocenters. The van der Waals surface area contributed by atoms with Crippen LogP contribution < -0.4 is 0 Å². The van der Waals surface area contributed by atoms with Crippen LogP contribution in [-0.2, 0) is 0 Å². The molecule has 0 aromatic heterocycles. The van der Waals surface area contributed by atoms with Gasteiger partial charge in [0.15, 0.2) is 0 Å². The summed E-state index contributed by atoms with van der Waals surface area (Å²) in [7, 11) is 0. The lowest BCUT2D eigenvalue weighted by Gasteiger charge is -2.12. The highest BCUT2D eigenvalue weighted by Crippen LogP contribution is 2.46. The summed E-state index contributed by atoms with van der Waals surface area (Å²) in [5, 5.41) is 0. The van der Waals surface area contributed by atoms with E-state index in [1.807, 2.05) is 0 Å². The minimum Gasteiger partial charge on any atom is -0.0625 e. The van der Waals surface area contributed by atoms with Gasteiger partial charge in [-0.3, -0.25) is 0 Å². The smallest absolute Gasteiger partial charge is 0.0383 e. The first-order valence-corrected chi connectivity index (χ1v) is 5.86. The van der Waals surface area contributed by atoms with Crippen molar-refractivity contribution in [2.75, 3.05) is 0 Å². The van der Waals surface area contributed by atoms with Gasteiger partial charge in [0, 0.05) is 0 Å². The Morgan fingerprint density at radius 3 is 2.17 bits per heavy atom. The summed E-state index contributed by atoms with van der Waals surface area (Å²) < 4.78 is 0. The predicted molar refractivity (Wildman–Crippen MR) is 53.1 cm³/mol. The average Bonchev–Trinajstić information content (AvgIpc) is 2.78. The van der Waals surface area contributed by atoms with Gasteiger partial charge in [0.1, 0.15) is 0 Å². The van der Waals surface area contributed by atoms with Gasteiger partial charge in [-0.2, -0.15) is 0 Å². The molecule has 2 saturated carbocycles. The summed E-state index contributed by atoms with van der Waals surface area (Å²) in [6.07, 6.45) is 12.2. The van der Waals surface area contributed by atoms with E-state index in [0.29, 0.717) is 0 Å². The first kappa shape index (κ1) is 8.59. The highest BCUT2D eigenvalue weighted by Gasteiger charge is 2.35. The fraction of sp³-hybridized carbons (Fsp3) is 1.00. The zero-order valence-corrected chi connectivity index (χ0v) is 8.39. The summed E-state index contributed by atoms with van der Waals surface area (Å²) in [5.74, 6) is 3.34. The Bertz CT molecular complexity index is 135. The van der Waals surface area contributed by atoms with Gasteiger partial charge >= 0.3 is 0 Å². The summed E-state index contributed by atoms with van der Waals surface area (Å²) in [5.41, 5.74) is 0. The first-order valence-electron chi connectivity index (χ1n) is 5.86. The molecule has 2 aliphatic carbocycles. The van der Waals surface area contributed by atoms with Crippen LogP contribution in [0.1, 0.15) is 58.3 Å². The monoisotopic (exact) mass is 166 g/mol. The number of rotatable bonds is 0. The van der Waals surface area contributed by atoms with Crippen molar-refractivity contribution >= 4 is 0 Å². The minimum absolute atomic E-state index is 1.01. The van der Waals surface area contributed by atoms with E-state index in [1.165, 1.54) is 38.0 Å². The Balaban J connectivity index is 1.75. The lowest BCUT2D eigenvalue weighted by Crippen LogP contribution is -1.98. The molecule has 0 spiro atoms. The molecule has 0 heteroatoms. The van der Waals surface area contributed by atoms with Crippen LogP contribution in [0, 0.1) is 17.8 Å². The van der Waals surface area contributed by atoms with E-state index in [9.17, 15) is 0 Å². The topological polar surface area (TPSA) is 0 Å². The van der Waals surface area contributed by atoms with E-state index in [1.54, 1.807) is 19.3 Å². The molecule has 2 aliphatic rings. The molecule has 0 bridgehead atoms. The van der Waals surface area contributed by atoms with Crippen LogP contribution in [0.4, 0.5) is 0 Å². The molecular formula is C12H22. The van der Waals surface area contributed by atoms with E-state index in [4.69, 9.17) is 0 Å². The second kappa shape index (κ2) is 3.81. The third kappa shape index (κ3) is 2.24. The fourth-order valence-electron chi connectivity index (χ4n) is 2.79. The van der Waals surface area contributed by atoms with Crippen molar-refractivity contribution in [2.45, 2.75) is 58.3 Å². The number of hydrogen-bond acceptors (Lipinski definition) is 0. The van der Waals surface area contributed by atoms with Gasteiger partial charge in [0.2, 0.25) is 0 Å². The summed E-state index contributed by atoms with van der Waals surface area (Å²) in [6.45, 7) is 2.44. The Labute approximate surface area is 76.7 Å². The standard InChI is InChI=1S/C12H22/c1-10-5-2-3-7-11-9-12(11)8-4-6-10/h10-12H,2-9H2,1H3. The molecular weight excluding hydrogens is 144 g/mol. The zero-order valence-electron chi connectivity index (χ0n) is 8.39. The van der Waals surface area contributed by atoms with Crippen molar-refractivity contribution in [2.24, 2.45) is 17.8 Å². The van der Waals surface area contributed by atoms with Crippen LogP contribution >= 0.6 is 0 Å². The van der Waals surface area contributed by atoms with Gasteiger partial charge < -0.3 is 0 Å². The van der Waals surface area contributed by atoms with E-state index < -0.39 is 0 Å². The Morgan fingerprint density at radius 1 is 0.750 bits per heavy atom. The number of fused-ring (bicyclic) bond motifs is 1.